The van der Waals surface area contributed by atoms with Crippen LogP contribution in [0.5, 0.6) is 5.75 Å². The van der Waals surface area contributed by atoms with Gasteiger partial charge in [-0.05, 0) is 31.2 Å². The quantitative estimate of drug-likeness (QED) is 0.278. The van der Waals surface area contributed by atoms with E-state index in [9.17, 15) is 4.79 Å². The first-order chi connectivity index (χ1) is 12.2. The van der Waals surface area contributed by atoms with E-state index >= 15 is 0 Å². The van der Waals surface area contributed by atoms with Gasteiger partial charge in [0.1, 0.15) is 5.75 Å². The topological polar surface area (TPSA) is 44.1 Å². The number of aryl methyl sites for hydroxylation is 1. The van der Waals surface area contributed by atoms with Gasteiger partial charge in [0.2, 0.25) is 0 Å². The Hall–Kier alpha value is -2.53. The molecule has 0 atom stereocenters. The number of benzene rings is 2. The fourth-order valence-electron chi connectivity index (χ4n) is 2.47. The molecule has 0 aliphatic carbocycles. The third-order valence-corrected chi connectivity index (χ3v) is 4.68. The number of hydrogen-bond donors (Lipinski definition) is 0. The molecule has 1 heterocycles. The second-order valence-corrected chi connectivity index (χ2v) is 6.69. The number of fused-ring (bicyclic) bond motifs is 1. The van der Waals surface area contributed by atoms with Gasteiger partial charge in [0.25, 0.3) is 5.56 Å². The van der Waals surface area contributed by atoms with Gasteiger partial charge < -0.3 is 4.74 Å². The highest BCUT2D eigenvalue weighted by molar-refractivity contribution is 7.99. The maximum absolute atomic E-state index is 12.7. The number of nitrogens with zero attached hydrogens (tertiary/aromatic N) is 2. The van der Waals surface area contributed by atoms with Crippen molar-refractivity contribution < 1.29 is 4.74 Å². The monoisotopic (exact) mass is 352 g/mol. The maximum atomic E-state index is 12.7. The lowest BCUT2D eigenvalue weighted by molar-refractivity contribution is 0.343. The Morgan fingerprint density at radius 3 is 2.72 bits per heavy atom. The van der Waals surface area contributed by atoms with E-state index in [0.29, 0.717) is 29.4 Å². The summed E-state index contributed by atoms with van der Waals surface area (Å²) in [5, 5.41) is 1.32. The van der Waals surface area contributed by atoms with Gasteiger partial charge in [0.05, 0.1) is 17.5 Å². The van der Waals surface area contributed by atoms with Crippen LogP contribution < -0.4 is 10.3 Å². The lowest BCUT2D eigenvalue weighted by Gasteiger charge is -2.12. The molecule has 3 aromatic rings. The van der Waals surface area contributed by atoms with Crippen molar-refractivity contribution >= 4 is 22.7 Å². The third-order valence-electron chi connectivity index (χ3n) is 3.74. The maximum Gasteiger partial charge on any atom is 0.262 e. The van der Waals surface area contributed by atoms with Gasteiger partial charge in [0, 0.05) is 12.3 Å². The summed E-state index contributed by atoms with van der Waals surface area (Å²) >= 11 is 1.52. The molecule has 0 N–H and O–H groups in total. The summed E-state index contributed by atoms with van der Waals surface area (Å²) in [5.74, 6) is 1.55. The molecule has 4 nitrogen and oxygen atoms in total. The number of para-hydroxylation sites is 1. The second kappa shape index (κ2) is 8.03. The van der Waals surface area contributed by atoms with Crippen molar-refractivity contribution in [3.8, 4) is 5.75 Å². The molecule has 0 aliphatic heterocycles. The summed E-state index contributed by atoms with van der Waals surface area (Å²) in [6.45, 7) is 6.77. The summed E-state index contributed by atoms with van der Waals surface area (Å²) in [6, 6.07) is 15.4. The van der Waals surface area contributed by atoms with Gasteiger partial charge in [-0.15, -0.1) is 6.58 Å². The van der Waals surface area contributed by atoms with E-state index in [1.54, 1.807) is 16.7 Å². The van der Waals surface area contributed by atoms with Crippen LogP contribution in [0.3, 0.4) is 0 Å². The van der Waals surface area contributed by atoms with Crippen LogP contribution in [0.2, 0.25) is 0 Å². The zero-order chi connectivity index (χ0) is 17.6. The molecule has 0 amide bonds. The first-order valence-electron chi connectivity index (χ1n) is 8.12. The number of thioether (sulfide) groups is 1. The molecule has 1 aromatic heterocycles. The van der Waals surface area contributed by atoms with E-state index in [0.717, 1.165) is 11.3 Å². The molecule has 128 valence electrons. The van der Waals surface area contributed by atoms with Gasteiger partial charge in [-0.25, -0.2) is 4.98 Å². The van der Waals surface area contributed by atoms with Crippen molar-refractivity contribution in [3.63, 3.8) is 0 Å². The lowest BCUT2D eigenvalue weighted by Crippen LogP contribution is -2.23. The zero-order valence-corrected chi connectivity index (χ0v) is 15.0. The second-order valence-electron chi connectivity index (χ2n) is 5.63. The normalized spacial score (nSPS) is 10.8. The Kier molecular flexibility index (Phi) is 5.56. The molecule has 0 bridgehead atoms. The van der Waals surface area contributed by atoms with E-state index in [1.165, 1.54) is 17.3 Å². The van der Waals surface area contributed by atoms with Crippen molar-refractivity contribution in [2.24, 2.45) is 0 Å². The third kappa shape index (κ3) is 4.12. The van der Waals surface area contributed by atoms with Gasteiger partial charge in [0.15, 0.2) is 5.16 Å². The average molecular weight is 352 g/mol. The SMILES string of the molecule is C=CCn1c(SCCOc2ccc(C)cc2)nc2ccccc2c1=O. The van der Waals surface area contributed by atoms with Gasteiger partial charge >= 0.3 is 0 Å². The van der Waals surface area contributed by atoms with Crippen LogP contribution in [0.15, 0.2) is 71.1 Å². The fraction of sp³-hybridized carbons (Fsp3) is 0.200. The fourth-order valence-corrected chi connectivity index (χ4v) is 3.30. The van der Waals surface area contributed by atoms with Gasteiger partial charge in [-0.2, -0.15) is 0 Å². The van der Waals surface area contributed by atoms with Crippen molar-refractivity contribution in [2.75, 3.05) is 12.4 Å². The predicted octanol–water partition coefficient (Wildman–Crippen LogP) is 4.06. The van der Waals surface area contributed by atoms with Crippen molar-refractivity contribution in [3.05, 3.63) is 77.1 Å². The number of hydrogen-bond acceptors (Lipinski definition) is 4. The minimum absolute atomic E-state index is 0.0348. The van der Waals surface area contributed by atoms with Crippen LogP contribution in [0.1, 0.15) is 5.56 Å². The van der Waals surface area contributed by atoms with Crippen LogP contribution in [0.25, 0.3) is 10.9 Å². The van der Waals surface area contributed by atoms with E-state index in [-0.39, 0.29) is 5.56 Å². The smallest absolute Gasteiger partial charge is 0.262 e. The molecule has 0 unspecified atom stereocenters. The predicted molar refractivity (Wildman–Crippen MR) is 104 cm³/mol. The van der Waals surface area contributed by atoms with Gasteiger partial charge in [-0.1, -0.05) is 47.7 Å². The van der Waals surface area contributed by atoms with Crippen LogP contribution in [-0.4, -0.2) is 21.9 Å². The number of aromatic nitrogens is 2. The number of ether oxygens (including phenoxy) is 1. The highest BCUT2D eigenvalue weighted by atomic mass is 32.2. The molecule has 2 aromatic carbocycles. The average Bonchev–Trinajstić information content (AvgIpc) is 2.63. The highest BCUT2D eigenvalue weighted by Gasteiger charge is 2.10. The Morgan fingerprint density at radius 2 is 1.96 bits per heavy atom. The Balaban J connectivity index is 1.73. The summed E-state index contributed by atoms with van der Waals surface area (Å²) in [7, 11) is 0. The number of rotatable bonds is 7. The van der Waals surface area contributed by atoms with E-state index in [2.05, 4.69) is 11.6 Å². The Morgan fingerprint density at radius 1 is 1.20 bits per heavy atom. The van der Waals surface area contributed by atoms with Crippen LogP contribution in [-0.2, 0) is 6.54 Å². The summed E-state index contributed by atoms with van der Waals surface area (Å²) in [4.78, 5) is 17.3. The van der Waals surface area contributed by atoms with Crippen molar-refractivity contribution in [1.82, 2.24) is 9.55 Å². The standard InChI is InChI=1S/C20H20N2O2S/c1-3-12-22-19(23)17-6-4-5-7-18(17)21-20(22)25-14-13-24-16-10-8-15(2)9-11-16/h3-11H,1,12-14H2,2H3. The Bertz CT molecular complexity index is 933. The summed E-state index contributed by atoms with van der Waals surface area (Å²) in [5.41, 5.74) is 1.89. The molecule has 0 fully saturated rings. The largest absolute Gasteiger partial charge is 0.493 e. The number of allylic oxidation sites excluding steroid dienone is 1. The summed E-state index contributed by atoms with van der Waals surface area (Å²) < 4.78 is 7.40. The molecule has 0 spiro atoms. The molecule has 0 radical (unpaired) electrons. The molecule has 3 rings (SSSR count). The molecule has 25 heavy (non-hydrogen) atoms. The molecule has 0 saturated carbocycles. The van der Waals surface area contributed by atoms with E-state index in [1.807, 2.05) is 49.4 Å². The van der Waals surface area contributed by atoms with Crippen LogP contribution >= 0.6 is 11.8 Å². The van der Waals surface area contributed by atoms with E-state index in [4.69, 9.17) is 4.74 Å². The first kappa shape index (κ1) is 17.3. The first-order valence-corrected chi connectivity index (χ1v) is 9.10. The molecule has 0 aliphatic rings. The van der Waals surface area contributed by atoms with Crippen LogP contribution in [0.4, 0.5) is 0 Å². The minimum atomic E-state index is -0.0348. The molecule has 0 saturated heterocycles. The molecule has 5 heteroatoms. The summed E-state index contributed by atoms with van der Waals surface area (Å²) in [6.07, 6.45) is 1.71. The Labute approximate surface area is 151 Å². The molecular formula is C20H20N2O2S. The highest BCUT2D eigenvalue weighted by Crippen LogP contribution is 2.18. The van der Waals surface area contributed by atoms with Gasteiger partial charge in [-0.3, -0.25) is 9.36 Å². The van der Waals surface area contributed by atoms with E-state index < -0.39 is 0 Å². The van der Waals surface area contributed by atoms with Crippen molar-refractivity contribution in [1.29, 1.82) is 0 Å². The molecular weight excluding hydrogens is 332 g/mol. The zero-order valence-electron chi connectivity index (χ0n) is 14.1. The van der Waals surface area contributed by atoms with Crippen LogP contribution in [0, 0.1) is 6.92 Å². The van der Waals surface area contributed by atoms with Crippen molar-refractivity contribution in [2.45, 2.75) is 18.6 Å². The minimum Gasteiger partial charge on any atom is -0.493 e. The lowest BCUT2D eigenvalue weighted by atomic mass is 10.2.